The van der Waals surface area contributed by atoms with Crippen molar-refractivity contribution in [1.29, 1.82) is 0 Å². The van der Waals surface area contributed by atoms with Crippen molar-refractivity contribution in [2.24, 2.45) is 0 Å². The van der Waals surface area contributed by atoms with Gasteiger partial charge < -0.3 is 10.6 Å². The summed E-state index contributed by atoms with van der Waals surface area (Å²) in [7, 11) is 1.70. The van der Waals surface area contributed by atoms with E-state index in [-0.39, 0.29) is 5.69 Å². The molecule has 0 saturated carbocycles. The standard InChI is InChI=1S/C11H10F2N4/c1-14-10-5-11(16-6-15-10)17-9-4-7(12)2-3-8(9)13/h2-6H,1H3,(H2,14,15,16,17). The summed E-state index contributed by atoms with van der Waals surface area (Å²) in [4.78, 5) is 7.81. The zero-order chi connectivity index (χ0) is 12.3. The topological polar surface area (TPSA) is 49.8 Å². The molecule has 88 valence electrons. The van der Waals surface area contributed by atoms with E-state index in [2.05, 4.69) is 20.6 Å². The van der Waals surface area contributed by atoms with Gasteiger partial charge in [-0.25, -0.2) is 18.7 Å². The van der Waals surface area contributed by atoms with Crippen LogP contribution in [0.25, 0.3) is 0 Å². The summed E-state index contributed by atoms with van der Waals surface area (Å²) in [6.45, 7) is 0. The SMILES string of the molecule is CNc1cc(Nc2cc(F)ccc2F)ncn1. The van der Waals surface area contributed by atoms with Crippen molar-refractivity contribution in [1.82, 2.24) is 9.97 Å². The van der Waals surface area contributed by atoms with Crippen LogP contribution in [0.2, 0.25) is 0 Å². The van der Waals surface area contributed by atoms with Crippen molar-refractivity contribution >= 4 is 17.3 Å². The molecule has 0 aliphatic rings. The Labute approximate surface area is 96.7 Å². The lowest BCUT2D eigenvalue weighted by Crippen LogP contribution is -1.99. The van der Waals surface area contributed by atoms with Crippen molar-refractivity contribution in [3.8, 4) is 0 Å². The third-order valence-electron chi connectivity index (χ3n) is 2.11. The van der Waals surface area contributed by atoms with Crippen molar-refractivity contribution < 1.29 is 8.78 Å². The van der Waals surface area contributed by atoms with Gasteiger partial charge in [-0.2, -0.15) is 0 Å². The van der Waals surface area contributed by atoms with E-state index in [0.29, 0.717) is 11.6 Å². The quantitative estimate of drug-likeness (QED) is 0.859. The van der Waals surface area contributed by atoms with Crippen LogP contribution >= 0.6 is 0 Å². The summed E-state index contributed by atoms with van der Waals surface area (Å²) in [5.41, 5.74) is 0.0331. The number of hydrogen-bond acceptors (Lipinski definition) is 4. The first-order valence-corrected chi connectivity index (χ1v) is 4.91. The number of halogens is 2. The Bertz CT molecular complexity index is 531. The lowest BCUT2D eigenvalue weighted by atomic mass is 10.3. The highest BCUT2D eigenvalue weighted by Gasteiger charge is 2.05. The molecule has 0 radical (unpaired) electrons. The van der Waals surface area contributed by atoms with Crippen molar-refractivity contribution in [3.63, 3.8) is 0 Å². The molecule has 4 nitrogen and oxygen atoms in total. The second kappa shape index (κ2) is 4.73. The summed E-state index contributed by atoms with van der Waals surface area (Å²) in [5.74, 6) is -0.0963. The van der Waals surface area contributed by atoms with Crippen LogP contribution < -0.4 is 10.6 Å². The molecule has 0 aliphatic carbocycles. The van der Waals surface area contributed by atoms with E-state index in [0.717, 1.165) is 18.2 Å². The van der Waals surface area contributed by atoms with E-state index in [1.807, 2.05) is 0 Å². The Morgan fingerprint density at radius 1 is 1.06 bits per heavy atom. The number of nitrogens with zero attached hydrogens (tertiary/aromatic N) is 2. The van der Waals surface area contributed by atoms with Gasteiger partial charge in [-0.05, 0) is 12.1 Å². The van der Waals surface area contributed by atoms with Crippen LogP contribution in [0.4, 0.5) is 26.1 Å². The van der Waals surface area contributed by atoms with Crippen molar-refractivity contribution in [3.05, 3.63) is 42.2 Å². The monoisotopic (exact) mass is 236 g/mol. The molecule has 2 rings (SSSR count). The van der Waals surface area contributed by atoms with Crippen molar-refractivity contribution in [2.75, 3.05) is 17.7 Å². The van der Waals surface area contributed by atoms with Gasteiger partial charge in [0, 0.05) is 19.2 Å². The molecule has 0 spiro atoms. The molecule has 1 aromatic carbocycles. The molecule has 0 aliphatic heterocycles. The van der Waals surface area contributed by atoms with Crippen LogP contribution in [-0.2, 0) is 0 Å². The predicted octanol–water partition coefficient (Wildman–Crippen LogP) is 2.54. The maximum atomic E-state index is 13.3. The summed E-state index contributed by atoms with van der Waals surface area (Å²) >= 11 is 0. The summed E-state index contributed by atoms with van der Waals surface area (Å²) in [6, 6.07) is 4.76. The van der Waals surface area contributed by atoms with Gasteiger partial charge >= 0.3 is 0 Å². The molecule has 2 aromatic rings. The molecular weight excluding hydrogens is 226 g/mol. The van der Waals surface area contributed by atoms with E-state index in [1.54, 1.807) is 13.1 Å². The second-order valence-corrected chi connectivity index (χ2v) is 3.29. The maximum absolute atomic E-state index is 13.3. The Morgan fingerprint density at radius 2 is 1.82 bits per heavy atom. The second-order valence-electron chi connectivity index (χ2n) is 3.29. The Hall–Kier alpha value is -2.24. The largest absolute Gasteiger partial charge is 0.373 e. The molecule has 2 N–H and O–H groups in total. The normalized spacial score (nSPS) is 10.1. The fraction of sp³-hybridized carbons (Fsp3) is 0.0909. The summed E-state index contributed by atoms with van der Waals surface area (Å²) in [5, 5.41) is 5.50. The van der Waals surface area contributed by atoms with Gasteiger partial charge in [0.15, 0.2) is 0 Å². The number of anilines is 3. The Balaban J connectivity index is 2.27. The van der Waals surface area contributed by atoms with Crippen molar-refractivity contribution in [2.45, 2.75) is 0 Å². The summed E-state index contributed by atoms with van der Waals surface area (Å²) < 4.78 is 26.3. The highest BCUT2D eigenvalue weighted by Crippen LogP contribution is 2.20. The minimum atomic E-state index is -0.545. The highest BCUT2D eigenvalue weighted by molar-refractivity contribution is 5.59. The fourth-order valence-corrected chi connectivity index (χ4v) is 1.29. The van der Waals surface area contributed by atoms with Crippen LogP contribution in [0, 0.1) is 11.6 Å². The van der Waals surface area contributed by atoms with Gasteiger partial charge in [-0.1, -0.05) is 0 Å². The molecule has 0 bridgehead atoms. The van der Waals surface area contributed by atoms with E-state index in [4.69, 9.17) is 0 Å². The first-order chi connectivity index (χ1) is 8.19. The lowest BCUT2D eigenvalue weighted by Gasteiger charge is -2.07. The zero-order valence-electron chi connectivity index (χ0n) is 9.04. The number of aromatic nitrogens is 2. The van der Waals surface area contributed by atoms with Crippen LogP contribution in [0.1, 0.15) is 0 Å². The fourth-order valence-electron chi connectivity index (χ4n) is 1.29. The average molecular weight is 236 g/mol. The summed E-state index contributed by atoms with van der Waals surface area (Å²) in [6.07, 6.45) is 1.32. The van der Waals surface area contributed by atoms with E-state index in [9.17, 15) is 8.78 Å². The minimum Gasteiger partial charge on any atom is -0.373 e. The van der Waals surface area contributed by atoms with Crippen LogP contribution in [0.15, 0.2) is 30.6 Å². The van der Waals surface area contributed by atoms with Crippen LogP contribution in [0.5, 0.6) is 0 Å². The number of rotatable bonds is 3. The van der Waals surface area contributed by atoms with E-state index >= 15 is 0 Å². The Kier molecular flexibility index (Phi) is 3.13. The number of hydrogen-bond donors (Lipinski definition) is 2. The molecule has 6 heteroatoms. The van der Waals surface area contributed by atoms with Gasteiger partial charge in [0.05, 0.1) is 5.69 Å². The molecule has 17 heavy (non-hydrogen) atoms. The number of nitrogens with one attached hydrogen (secondary N) is 2. The predicted molar refractivity (Wildman–Crippen MR) is 61.2 cm³/mol. The van der Waals surface area contributed by atoms with Crippen LogP contribution in [-0.4, -0.2) is 17.0 Å². The molecule has 0 unspecified atom stereocenters. The third-order valence-corrected chi connectivity index (χ3v) is 2.11. The zero-order valence-corrected chi connectivity index (χ0v) is 9.04. The smallest absolute Gasteiger partial charge is 0.146 e. The molecule has 0 saturated heterocycles. The third kappa shape index (κ3) is 2.66. The highest BCUT2D eigenvalue weighted by atomic mass is 19.1. The molecule has 0 atom stereocenters. The average Bonchev–Trinajstić information content (AvgIpc) is 2.34. The van der Waals surface area contributed by atoms with E-state index in [1.165, 1.54) is 6.33 Å². The van der Waals surface area contributed by atoms with Gasteiger partial charge in [-0.3, -0.25) is 0 Å². The first kappa shape index (κ1) is 11.3. The Morgan fingerprint density at radius 3 is 2.59 bits per heavy atom. The van der Waals surface area contributed by atoms with Gasteiger partial charge in [0.2, 0.25) is 0 Å². The molecule has 1 aromatic heterocycles. The lowest BCUT2D eigenvalue weighted by molar-refractivity contribution is 0.603. The van der Waals surface area contributed by atoms with E-state index < -0.39 is 11.6 Å². The molecule has 1 heterocycles. The van der Waals surface area contributed by atoms with Gasteiger partial charge in [0.1, 0.15) is 29.6 Å². The maximum Gasteiger partial charge on any atom is 0.146 e. The molecule has 0 fully saturated rings. The van der Waals surface area contributed by atoms with Gasteiger partial charge in [0.25, 0.3) is 0 Å². The number of benzene rings is 1. The first-order valence-electron chi connectivity index (χ1n) is 4.91. The van der Waals surface area contributed by atoms with Gasteiger partial charge in [-0.15, -0.1) is 0 Å². The molecule has 0 amide bonds. The molecular formula is C11H10F2N4. The minimum absolute atomic E-state index is 0.0331. The van der Waals surface area contributed by atoms with Crippen LogP contribution in [0.3, 0.4) is 0 Å².